The Morgan fingerprint density at radius 3 is 2.75 bits per heavy atom. The van der Waals surface area contributed by atoms with E-state index in [2.05, 4.69) is 30.2 Å². The van der Waals surface area contributed by atoms with Crippen molar-refractivity contribution in [2.24, 2.45) is 0 Å². The fourth-order valence-corrected chi connectivity index (χ4v) is 4.20. The van der Waals surface area contributed by atoms with E-state index in [0.29, 0.717) is 16.3 Å². The van der Waals surface area contributed by atoms with E-state index in [0.717, 1.165) is 5.56 Å². The lowest BCUT2D eigenvalue weighted by Gasteiger charge is -2.16. The number of ketones is 1. The summed E-state index contributed by atoms with van der Waals surface area (Å²) in [5.41, 5.74) is 2.47. The quantitative estimate of drug-likeness (QED) is 0.279. The van der Waals surface area contributed by atoms with Crippen molar-refractivity contribution in [2.45, 2.75) is 38.1 Å². The van der Waals surface area contributed by atoms with E-state index in [9.17, 15) is 27.9 Å². The van der Waals surface area contributed by atoms with Gasteiger partial charge in [0.15, 0.2) is 41.2 Å². The van der Waals surface area contributed by atoms with Gasteiger partial charge in [-0.2, -0.15) is 13.2 Å². The third-order valence-corrected chi connectivity index (χ3v) is 6.07. The average molecular weight is 577 g/mol. The van der Waals surface area contributed by atoms with Gasteiger partial charge < -0.3 is 20.5 Å². The van der Waals surface area contributed by atoms with Gasteiger partial charge in [0, 0.05) is 24.2 Å². The summed E-state index contributed by atoms with van der Waals surface area (Å²) < 4.78 is 44.3. The van der Waals surface area contributed by atoms with E-state index in [1.54, 1.807) is 17.6 Å². The lowest BCUT2D eigenvalue weighted by Crippen LogP contribution is -2.43. The molecular weight excluding hydrogens is 557 g/mol. The van der Waals surface area contributed by atoms with Gasteiger partial charge in [0.25, 0.3) is 5.91 Å². The molecule has 208 valence electrons. The molecule has 4 aromatic heterocycles. The number of aromatic nitrogens is 6. The van der Waals surface area contributed by atoms with Crippen LogP contribution in [0.4, 0.5) is 19.0 Å². The average Bonchev–Trinajstić information content (AvgIpc) is 3.46. The van der Waals surface area contributed by atoms with Gasteiger partial charge in [0.05, 0.1) is 23.6 Å². The number of fused-ring (bicyclic) bond motifs is 1. The number of pyridine rings is 2. The van der Waals surface area contributed by atoms with Crippen LogP contribution in [0.15, 0.2) is 43.1 Å². The highest BCUT2D eigenvalue weighted by atomic mass is 35.5. The van der Waals surface area contributed by atoms with E-state index in [1.165, 1.54) is 23.3 Å². The van der Waals surface area contributed by atoms with Gasteiger partial charge in [0.2, 0.25) is 5.78 Å². The fourth-order valence-electron chi connectivity index (χ4n) is 4.02. The summed E-state index contributed by atoms with van der Waals surface area (Å²) in [5, 5.41) is 15.7. The Kier molecular flexibility index (Phi) is 7.35. The summed E-state index contributed by atoms with van der Waals surface area (Å²) in [6, 6.07) is 5.31. The van der Waals surface area contributed by atoms with Gasteiger partial charge in [-0.05, 0) is 30.7 Å². The Bertz CT molecular complexity index is 1600. The van der Waals surface area contributed by atoms with Crippen LogP contribution in [0.1, 0.15) is 17.5 Å². The summed E-state index contributed by atoms with van der Waals surface area (Å²) in [6.45, 7) is 0.518. The van der Waals surface area contributed by atoms with Crippen molar-refractivity contribution < 1.29 is 32.6 Å². The summed E-state index contributed by atoms with van der Waals surface area (Å²) in [4.78, 5) is 46.5. The number of rotatable bonds is 7. The zero-order valence-corrected chi connectivity index (χ0v) is 21.3. The third-order valence-electron chi connectivity index (χ3n) is 5.86. The summed E-state index contributed by atoms with van der Waals surface area (Å²) >= 11 is 6.10. The monoisotopic (exact) mass is 576 g/mol. The number of hydrogen-bond donors (Lipinski definition) is 3. The van der Waals surface area contributed by atoms with E-state index >= 15 is 0 Å². The molecule has 12 nitrogen and oxygen atoms in total. The minimum atomic E-state index is -4.70. The first-order chi connectivity index (χ1) is 19.0. The standard InChI is InChI=1S/C24H20ClF3N8O4/c1-11-2-3-30-14(4-11)8-31-20-15-21(35-19(34-20)12-5-13(25)7-29-6-12)36(10-33-15)23-17(38)16(37)18(40-23)22(39)32-9-24(26,27)28/h2-7,10,17-18,23,38H,8-9H2,1H3,(H,32,39)(H,31,34,35)/t17-,18+,23-/m1/s1. The van der Waals surface area contributed by atoms with Crippen LogP contribution in [-0.4, -0.2) is 71.2 Å². The van der Waals surface area contributed by atoms with Gasteiger partial charge >= 0.3 is 6.18 Å². The number of nitrogens with zero attached hydrogens (tertiary/aromatic N) is 6. The second-order valence-electron chi connectivity index (χ2n) is 8.88. The number of imidazole rings is 1. The van der Waals surface area contributed by atoms with Crippen LogP contribution in [0.25, 0.3) is 22.6 Å². The Balaban J connectivity index is 1.51. The molecule has 1 saturated heterocycles. The zero-order chi connectivity index (χ0) is 28.6. The van der Waals surface area contributed by atoms with Crippen molar-refractivity contribution in [1.82, 2.24) is 34.8 Å². The number of hydrogen-bond acceptors (Lipinski definition) is 10. The number of halogens is 4. The van der Waals surface area contributed by atoms with Gasteiger partial charge in [-0.3, -0.25) is 24.1 Å². The Hall–Kier alpha value is -4.21. The highest BCUT2D eigenvalue weighted by molar-refractivity contribution is 6.30. The number of aliphatic hydroxyl groups excluding tert-OH is 1. The smallest absolute Gasteiger partial charge is 0.380 e. The summed E-state index contributed by atoms with van der Waals surface area (Å²) in [5.74, 6) is -2.02. The van der Waals surface area contributed by atoms with Crippen LogP contribution < -0.4 is 10.6 Å². The Morgan fingerprint density at radius 1 is 1.23 bits per heavy atom. The van der Waals surface area contributed by atoms with Crippen LogP contribution in [0, 0.1) is 6.92 Å². The number of amides is 1. The van der Waals surface area contributed by atoms with E-state index in [4.69, 9.17) is 16.3 Å². The van der Waals surface area contributed by atoms with Gasteiger partial charge in [-0.25, -0.2) is 15.0 Å². The summed E-state index contributed by atoms with van der Waals surface area (Å²) in [6.07, 6.45) is -4.29. The molecule has 5 rings (SSSR count). The first kappa shape index (κ1) is 27.4. The van der Waals surface area contributed by atoms with Gasteiger partial charge in [0.1, 0.15) is 6.54 Å². The largest absolute Gasteiger partial charge is 0.405 e. The first-order valence-electron chi connectivity index (χ1n) is 11.7. The molecule has 0 spiro atoms. The molecule has 0 aromatic carbocycles. The molecule has 0 saturated carbocycles. The lowest BCUT2D eigenvalue weighted by atomic mass is 10.1. The molecule has 1 fully saturated rings. The Labute approximate surface area is 228 Å². The number of aryl methyl sites for hydroxylation is 1. The predicted molar refractivity (Wildman–Crippen MR) is 134 cm³/mol. The molecule has 3 N–H and O–H groups in total. The molecule has 5 heterocycles. The molecule has 0 aliphatic carbocycles. The first-order valence-corrected chi connectivity index (χ1v) is 12.1. The maximum Gasteiger partial charge on any atom is 0.405 e. The van der Waals surface area contributed by atoms with Gasteiger partial charge in [-0.15, -0.1) is 0 Å². The number of anilines is 1. The van der Waals surface area contributed by atoms with Crippen LogP contribution in [0.5, 0.6) is 0 Å². The number of carbonyl (C=O) groups excluding carboxylic acids is 2. The molecule has 40 heavy (non-hydrogen) atoms. The highest BCUT2D eigenvalue weighted by Crippen LogP contribution is 2.32. The minimum Gasteiger partial charge on any atom is -0.380 e. The molecular formula is C24H20ClF3N8O4. The summed E-state index contributed by atoms with van der Waals surface area (Å²) in [7, 11) is 0. The van der Waals surface area contributed by atoms with Gasteiger partial charge in [-0.1, -0.05) is 11.6 Å². The number of ether oxygens (including phenoxy) is 1. The second-order valence-corrected chi connectivity index (χ2v) is 9.31. The maximum absolute atomic E-state index is 12.6. The molecule has 16 heteroatoms. The van der Waals surface area contributed by atoms with Crippen LogP contribution in [-0.2, 0) is 20.9 Å². The SMILES string of the molecule is Cc1ccnc(CNc2nc(-c3cncc(Cl)c3)nc3c2ncn3[C@@H]2O[C@H](C(=O)NCC(F)(F)F)C(=O)[C@H]2O)c1. The molecule has 0 radical (unpaired) electrons. The number of aliphatic hydroxyl groups is 1. The normalized spacial score (nSPS) is 19.2. The van der Waals surface area contributed by atoms with Crippen LogP contribution >= 0.6 is 11.6 Å². The molecule has 0 bridgehead atoms. The van der Waals surface area contributed by atoms with E-state index < -0.39 is 42.8 Å². The number of alkyl halides is 3. The number of carbonyl (C=O) groups is 2. The molecule has 1 aliphatic heterocycles. The second kappa shape index (κ2) is 10.7. The van der Waals surface area contributed by atoms with Crippen LogP contribution in [0.2, 0.25) is 5.02 Å². The topological polar surface area (TPSA) is 157 Å². The molecule has 1 amide bonds. The van der Waals surface area contributed by atoms with E-state index in [-0.39, 0.29) is 29.4 Å². The fraction of sp³-hybridized carbons (Fsp3) is 0.292. The lowest BCUT2D eigenvalue weighted by molar-refractivity contribution is -0.149. The van der Waals surface area contributed by atoms with Crippen molar-refractivity contribution in [3.63, 3.8) is 0 Å². The molecule has 3 atom stereocenters. The predicted octanol–water partition coefficient (Wildman–Crippen LogP) is 2.36. The zero-order valence-electron chi connectivity index (χ0n) is 20.6. The number of Topliss-reactive ketones (excluding diaryl/α,β-unsaturated/α-hetero) is 1. The molecule has 0 unspecified atom stereocenters. The molecule has 4 aromatic rings. The van der Waals surface area contributed by atoms with Crippen molar-refractivity contribution in [3.05, 3.63) is 59.4 Å². The third kappa shape index (κ3) is 5.71. The van der Waals surface area contributed by atoms with E-state index in [1.807, 2.05) is 19.1 Å². The highest BCUT2D eigenvalue weighted by Gasteiger charge is 2.48. The van der Waals surface area contributed by atoms with Crippen molar-refractivity contribution in [1.29, 1.82) is 0 Å². The number of nitrogens with one attached hydrogen (secondary N) is 2. The van der Waals surface area contributed by atoms with Crippen molar-refractivity contribution >= 4 is 40.3 Å². The van der Waals surface area contributed by atoms with Crippen molar-refractivity contribution in [2.75, 3.05) is 11.9 Å². The Morgan fingerprint density at radius 2 is 2.02 bits per heavy atom. The maximum atomic E-state index is 12.6. The van der Waals surface area contributed by atoms with Crippen LogP contribution in [0.3, 0.4) is 0 Å². The minimum absolute atomic E-state index is 0.0953. The molecule has 1 aliphatic rings. The van der Waals surface area contributed by atoms with Crippen molar-refractivity contribution in [3.8, 4) is 11.4 Å².